The van der Waals surface area contributed by atoms with E-state index in [0.717, 1.165) is 12.8 Å². The van der Waals surface area contributed by atoms with Crippen LogP contribution in [-0.2, 0) is 5.41 Å². The first-order chi connectivity index (χ1) is 9.28. The second kappa shape index (κ2) is 4.74. The molecule has 1 fully saturated rings. The molecule has 0 spiro atoms. The molecule has 3 heteroatoms. The largest absolute Gasteiger partial charge is 0.312 e. The van der Waals surface area contributed by atoms with E-state index in [4.69, 9.17) is 0 Å². The van der Waals surface area contributed by atoms with Crippen molar-refractivity contribution in [3.63, 3.8) is 0 Å². The van der Waals surface area contributed by atoms with Crippen LogP contribution in [0.4, 0.5) is 4.39 Å². The average Bonchev–Trinajstić information content (AvgIpc) is 3.24. The number of aromatic nitrogens is 1. The highest BCUT2D eigenvalue weighted by Crippen LogP contribution is 2.56. The van der Waals surface area contributed by atoms with Crippen molar-refractivity contribution in [1.29, 1.82) is 0 Å². The highest BCUT2D eigenvalue weighted by atomic mass is 19.1. The molecular weight excluding hydrogens is 239 g/mol. The van der Waals surface area contributed by atoms with Crippen molar-refractivity contribution in [3.05, 3.63) is 65.7 Å². The fraction of sp³-hybridized carbons (Fsp3) is 0.312. The van der Waals surface area contributed by atoms with Crippen molar-refractivity contribution < 1.29 is 4.39 Å². The number of pyridine rings is 1. The Balaban J connectivity index is 2.02. The summed E-state index contributed by atoms with van der Waals surface area (Å²) < 4.78 is 14.0. The molecule has 1 atom stereocenters. The van der Waals surface area contributed by atoms with Crippen LogP contribution in [0.25, 0.3) is 0 Å². The van der Waals surface area contributed by atoms with Crippen molar-refractivity contribution in [1.82, 2.24) is 10.3 Å². The lowest BCUT2D eigenvalue weighted by Gasteiger charge is -2.28. The number of hydrogen-bond acceptors (Lipinski definition) is 2. The molecule has 1 saturated carbocycles. The molecule has 98 valence electrons. The number of nitrogens with one attached hydrogen (secondary N) is 1. The van der Waals surface area contributed by atoms with Gasteiger partial charge in [0.2, 0.25) is 0 Å². The summed E-state index contributed by atoms with van der Waals surface area (Å²) in [5.74, 6) is -0.232. The van der Waals surface area contributed by atoms with Gasteiger partial charge in [-0.05, 0) is 31.5 Å². The quantitative estimate of drug-likeness (QED) is 0.908. The molecule has 2 aromatic rings. The van der Waals surface area contributed by atoms with Crippen molar-refractivity contribution in [2.75, 3.05) is 7.05 Å². The summed E-state index contributed by atoms with van der Waals surface area (Å²) in [6.07, 6.45) is 5.12. The van der Waals surface area contributed by atoms with Crippen LogP contribution in [0.5, 0.6) is 0 Å². The summed E-state index contributed by atoms with van der Waals surface area (Å²) >= 11 is 0. The van der Waals surface area contributed by atoms with Gasteiger partial charge in [-0.3, -0.25) is 4.98 Å². The van der Waals surface area contributed by atoms with Gasteiger partial charge in [-0.25, -0.2) is 4.39 Å². The van der Waals surface area contributed by atoms with Gasteiger partial charge < -0.3 is 5.32 Å². The third kappa shape index (κ3) is 2.04. The Kier molecular flexibility index (Phi) is 3.07. The molecule has 1 aliphatic rings. The molecule has 1 aliphatic carbocycles. The lowest BCUT2D eigenvalue weighted by molar-refractivity contribution is 0.440. The molecule has 1 N–H and O–H groups in total. The lowest BCUT2D eigenvalue weighted by atomic mass is 9.84. The van der Waals surface area contributed by atoms with E-state index in [1.807, 2.05) is 25.2 Å². The van der Waals surface area contributed by atoms with E-state index in [0.29, 0.717) is 5.56 Å². The molecule has 1 heterocycles. The minimum atomic E-state index is -0.232. The highest BCUT2D eigenvalue weighted by molar-refractivity contribution is 5.38. The van der Waals surface area contributed by atoms with E-state index in [-0.39, 0.29) is 17.3 Å². The van der Waals surface area contributed by atoms with Gasteiger partial charge in [0.25, 0.3) is 0 Å². The molecule has 0 amide bonds. The topological polar surface area (TPSA) is 24.9 Å². The monoisotopic (exact) mass is 256 g/mol. The second-order valence-corrected chi connectivity index (χ2v) is 5.14. The summed E-state index contributed by atoms with van der Waals surface area (Å²) in [5.41, 5.74) is 2.02. The Labute approximate surface area is 112 Å². The van der Waals surface area contributed by atoms with Crippen LogP contribution in [-0.4, -0.2) is 12.0 Å². The number of likely N-dealkylation sites (N-methyl/N-ethyl adjacent to an activating group) is 1. The third-order valence-corrected chi connectivity index (χ3v) is 4.09. The number of hydrogen-bond donors (Lipinski definition) is 1. The van der Waals surface area contributed by atoms with Gasteiger partial charge in [-0.2, -0.15) is 0 Å². The molecule has 19 heavy (non-hydrogen) atoms. The van der Waals surface area contributed by atoms with Crippen LogP contribution in [0.2, 0.25) is 0 Å². The zero-order valence-electron chi connectivity index (χ0n) is 10.9. The first-order valence-electron chi connectivity index (χ1n) is 6.60. The van der Waals surface area contributed by atoms with Crippen LogP contribution in [0, 0.1) is 5.82 Å². The molecule has 3 rings (SSSR count). The smallest absolute Gasteiger partial charge is 0.146 e. The highest BCUT2D eigenvalue weighted by Gasteiger charge is 2.51. The summed E-state index contributed by atoms with van der Waals surface area (Å²) in [7, 11) is 1.90. The molecule has 0 aliphatic heterocycles. The third-order valence-electron chi connectivity index (χ3n) is 4.09. The van der Waals surface area contributed by atoms with Crippen molar-refractivity contribution in [3.8, 4) is 0 Å². The molecule has 2 nitrogen and oxygen atoms in total. The normalized spacial score (nSPS) is 18.0. The van der Waals surface area contributed by atoms with Gasteiger partial charge >= 0.3 is 0 Å². The van der Waals surface area contributed by atoms with Crippen molar-refractivity contribution in [2.24, 2.45) is 0 Å². The predicted octanol–water partition coefficient (Wildman–Crippen LogP) is 3.21. The van der Waals surface area contributed by atoms with Gasteiger partial charge in [0.15, 0.2) is 0 Å². The van der Waals surface area contributed by atoms with Crippen molar-refractivity contribution in [2.45, 2.75) is 24.3 Å². The van der Waals surface area contributed by atoms with Crippen LogP contribution in [0.3, 0.4) is 0 Å². The van der Waals surface area contributed by atoms with Gasteiger partial charge in [0.05, 0.1) is 6.20 Å². The Bertz CT molecular complexity index is 564. The molecule has 0 bridgehead atoms. The van der Waals surface area contributed by atoms with Crippen molar-refractivity contribution >= 4 is 0 Å². The zero-order chi connectivity index (χ0) is 13.3. The predicted molar refractivity (Wildman–Crippen MR) is 73.3 cm³/mol. The van der Waals surface area contributed by atoms with Gasteiger partial charge in [-0.15, -0.1) is 0 Å². The zero-order valence-corrected chi connectivity index (χ0v) is 10.9. The molecule has 1 unspecified atom stereocenters. The molecule has 1 aromatic carbocycles. The van der Waals surface area contributed by atoms with Gasteiger partial charge in [0.1, 0.15) is 5.82 Å². The summed E-state index contributed by atoms with van der Waals surface area (Å²) in [4.78, 5) is 3.83. The average molecular weight is 256 g/mol. The minimum Gasteiger partial charge on any atom is -0.312 e. The van der Waals surface area contributed by atoms with Gasteiger partial charge in [-0.1, -0.05) is 30.3 Å². The summed E-state index contributed by atoms with van der Waals surface area (Å²) in [6.45, 7) is 0. The Morgan fingerprint density at radius 3 is 2.53 bits per heavy atom. The first kappa shape index (κ1) is 12.3. The Morgan fingerprint density at radius 2 is 1.95 bits per heavy atom. The number of rotatable bonds is 4. The van der Waals surface area contributed by atoms with E-state index in [1.54, 1.807) is 12.3 Å². The number of nitrogens with zero attached hydrogens (tertiary/aromatic N) is 1. The molecular formula is C16H17FN2. The SMILES string of the molecule is CNC(c1ccncc1F)C1(c2ccccc2)CC1. The maximum Gasteiger partial charge on any atom is 0.146 e. The number of benzene rings is 1. The van der Waals surface area contributed by atoms with E-state index in [1.165, 1.54) is 11.8 Å². The molecule has 0 saturated heterocycles. The van der Waals surface area contributed by atoms with E-state index in [9.17, 15) is 4.39 Å². The fourth-order valence-corrected chi connectivity index (χ4v) is 3.00. The maximum absolute atomic E-state index is 14.0. The van der Waals surface area contributed by atoms with Gasteiger partial charge in [0, 0.05) is 23.2 Å². The number of halogens is 1. The summed E-state index contributed by atoms with van der Waals surface area (Å²) in [5, 5.41) is 3.29. The van der Waals surface area contributed by atoms with E-state index >= 15 is 0 Å². The van der Waals surface area contributed by atoms with Crippen LogP contribution in [0.1, 0.15) is 30.0 Å². The van der Waals surface area contributed by atoms with E-state index < -0.39 is 0 Å². The van der Waals surface area contributed by atoms with E-state index in [2.05, 4.69) is 22.4 Å². The first-order valence-corrected chi connectivity index (χ1v) is 6.60. The van der Waals surface area contributed by atoms with Crippen LogP contribution >= 0.6 is 0 Å². The summed E-state index contributed by atoms with van der Waals surface area (Å²) in [6, 6.07) is 12.2. The Morgan fingerprint density at radius 1 is 1.21 bits per heavy atom. The standard InChI is InChI=1S/C16H17FN2/c1-18-15(13-7-10-19-11-14(13)17)16(8-9-16)12-5-3-2-4-6-12/h2-7,10-11,15,18H,8-9H2,1H3. The molecule has 1 aromatic heterocycles. The fourth-order valence-electron chi connectivity index (χ4n) is 3.00. The maximum atomic E-state index is 14.0. The van der Waals surface area contributed by atoms with Crippen LogP contribution in [0.15, 0.2) is 48.8 Å². The Hall–Kier alpha value is -1.74. The second-order valence-electron chi connectivity index (χ2n) is 5.14. The lowest BCUT2D eigenvalue weighted by Crippen LogP contribution is -2.30. The minimum absolute atomic E-state index is 0.00194. The molecule has 0 radical (unpaired) electrons. The van der Waals surface area contributed by atoms with Crippen LogP contribution < -0.4 is 5.32 Å².